The zero-order valence-corrected chi connectivity index (χ0v) is 11.2. The number of aliphatic hydroxyl groups is 1. The first-order chi connectivity index (χ1) is 7.81. The van der Waals surface area contributed by atoms with Crippen LogP contribution in [0.2, 0.25) is 0 Å². The highest BCUT2D eigenvalue weighted by atomic mass is 16.6. The summed E-state index contributed by atoms with van der Waals surface area (Å²) < 4.78 is 4.50. The molecule has 0 radical (unpaired) electrons. The Morgan fingerprint density at radius 1 is 0.938 bits per heavy atom. The molecule has 1 aliphatic heterocycles. The zero-order valence-electron chi connectivity index (χ0n) is 11.2. The van der Waals surface area contributed by atoms with Crippen molar-refractivity contribution in [2.45, 2.75) is 77.7 Å². The van der Waals surface area contributed by atoms with Gasteiger partial charge in [-0.05, 0) is 12.8 Å². The van der Waals surface area contributed by atoms with Crippen LogP contribution in [0.4, 0.5) is 0 Å². The minimum absolute atomic E-state index is 0.0457. The average Bonchev–Trinajstić information content (AvgIpc) is 3.15. The van der Waals surface area contributed by atoms with Gasteiger partial charge in [-0.2, -0.15) is 0 Å². The predicted molar refractivity (Wildman–Crippen MR) is 69.7 cm³/mol. The number of hydrogen-bond donors (Lipinski definition) is 1. The van der Waals surface area contributed by atoms with Crippen LogP contribution in [0.3, 0.4) is 0 Å². The van der Waals surface area contributed by atoms with Crippen molar-refractivity contribution in [3.8, 4) is 0 Å². The average molecular weight is 230 g/mol. The van der Waals surface area contributed by atoms with Gasteiger partial charge in [0.25, 0.3) is 0 Å². The first kappa shape index (κ1) is 15.9. The van der Waals surface area contributed by atoms with Crippen LogP contribution in [0.25, 0.3) is 0 Å². The highest BCUT2D eigenvalue weighted by Crippen LogP contribution is 2.10. The Bertz CT molecular complexity index is 121. The first-order valence-electron chi connectivity index (χ1n) is 7.07. The number of ether oxygens (including phenoxy) is 1. The van der Waals surface area contributed by atoms with Crippen LogP contribution in [-0.4, -0.2) is 24.4 Å². The molecule has 1 atom stereocenters. The second kappa shape index (κ2) is 13.0. The van der Waals surface area contributed by atoms with Crippen molar-refractivity contribution in [1.82, 2.24) is 0 Å². The summed E-state index contributed by atoms with van der Waals surface area (Å²) in [5.74, 6) is 0. The van der Waals surface area contributed by atoms with E-state index in [-0.39, 0.29) is 6.10 Å². The summed E-state index contributed by atoms with van der Waals surface area (Å²) in [5, 5.41) is 9.30. The van der Waals surface area contributed by atoms with Crippen LogP contribution >= 0.6 is 0 Å². The van der Waals surface area contributed by atoms with Crippen molar-refractivity contribution >= 4 is 0 Å². The number of rotatable bonds is 9. The molecule has 1 aliphatic rings. The summed E-state index contributed by atoms with van der Waals surface area (Å²) in [4.78, 5) is 0. The summed E-state index contributed by atoms with van der Waals surface area (Å²) in [6, 6.07) is 0. The molecule has 0 aliphatic carbocycles. The highest BCUT2D eigenvalue weighted by molar-refractivity contribution is 4.53. The SMILES string of the molecule is C1CO1.CCCCCCCCCC(O)CC. The molecule has 1 fully saturated rings. The Labute approximate surface area is 101 Å². The number of epoxide rings is 1. The predicted octanol–water partition coefficient (Wildman–Crippen LogP) is 3.91. The van der Waals surface area contributed by atoms with Crippen LogP contribution in [0.5, 0.6) is 0 Å². The molecule has 2 nitrogen and oxygen atoms in total. The van der Waals surface area contributed by atoms with Crippen molar-refractivity contribution in [1.29, 1.82) is 0 Å². The lowest BCUT2D eigenvalue weighted by atomic mass is 10.1. The van der Waals surface area contributed by atoms with Gasteiger partial charge >= 0.3 is 0 Å². The maximum absolute atomic E-state index is 9.30. The van der Waals surface area contributed by atoms with Crippen molar-refractivity contribution in [2.24, 2.45) is 0 Å². The smallest absolute Gasteiger partial charge is 0.0701 e. The van der Waals surface area contributed by atoms with Gasteiger partial charge in [0.2, 0.25) is 0 Å². The molecule has 1 heterocycles. The normalized spacial score (nSPS) is 15.2. The topological polar surface area (TPSA) is 32.8 Å². The molecule has 0 aromatic rings. The van der Waals surface area contributed by atoms with E-state index in [9.17, 15) is 5.11 Å². The standard InChI is InChI=1S/C12H26O.C2H4O/c1-3-5-6-7-8-9-10-11-12(13)4-2;1-2-3-1/h12-13H,3-11H2,1-2H3;1-2H2. The summed E-state index contributed by atoms with van der Waals surface area (Å²) in [5.41, 5.74) is 0. The highest BCUT2D eigenvalue weighted by Gasteiger charge is 1.99. The van der Waals surface area contributed by atoms with Crippen LogP contribution in [0.1, 0.15) is 71.6 Å². The largest absolute Gasteiger partial charge is 0.393 e. The van der Waals surface area contributed by atoms with Crippen molar-refractivity contribution in [3.05, 3.63) is 0 Å². The molecule has 0 amide bonds. The molecule has 0 bridgehead atoms. The summed E-state index contributed by atoms with van der Waals surface area (Å²) in [6.07, 6.45) is 11.2. The fourth-order valence-electron chi connectivity index (χ4n) is 1.54. The van der Waals surface area contributed by atoms with Gasteiger partial charge in [0.1, 0.15) is 0 Å². The molecule has 1 rings (SSSR count). The van der Waals surface area contributed by atoms with E-state index in [1.807, 2.05) is 6.92 Å². The van der Waals surface area contributed by atoms with E-state index in [0.29, 0.717) is 0 Å². The number of aliphatic hydroxyl groups excluding tert-OH is 1. The van der Waals surface area contributed by atoms with Crippen molar-refractivity contribution in [2.75, 3.05) is 13.2 Å². The molecule has 16 heavy (non-hydrogen) atoms. The number of unbranched alkanes of at least 4 members (excludes halogenated alkanes) is 6. The number of hydrogen-bond acceptors (Lipinski definition) is 2. The molecule has 1 unspecified atom stereocenters. The van der Waals surface area contributed by atoms with Crippen LogP contribution in [0, 0.1) is 0 Å². The van der Waals surface area contributed by atoms with Gasteiger partial charge in [0, 0.05) is 0 Å². The quantitative estimate of drug-likeness (QED) is 0.481. The van der Waals surface area contributed by atoms with Crippen molar-refractivity contribution < 1.29 is 9.84 Å². The maximum atomic E-state index is 9.30. The van der Waals surface area contributed by atoms with Gasteiger partial charge in [-0.3, -0.25) is 0 Å². The van der Waals surface area contributed by atoms with Crippen LogP contribution in [-0.2, 0) is 4.74 Å². The van der Waals surface area contributed by atoms with Gasteiger partial charge in [0.15, 0.2) is 0 Å². The minimum atomic E-state index is -0.0457. The Morgan fingerprint density at radius 2 is 1.44 bits per heavy atom. The lowest BCUT2D eigenvalue weighted by molar-refractivity contribution is 0.156. The molecule has 0 aromatic heterocycles. The molecule has 98 valence electrons. The van der Waals surface area contributed by atoms with E-state index in [1.54, 1.807) is 0 Å². The Kier molecular flexibility index (Phi) is 12.9. The maximum Gasteiger partial charge on any atom is 0.0701 e. The van der Waals surface area contributed by atoms with Gasteiger partial charge in [-0.1, -0.05) is 58.8 Å². The third-order valence-corrected chi connectivity index (χ3v) is 2.82. The van der Waals surface area contributed by atoms with E-state index >= 15 is 0 Å². The lowest BCUT2D eigenvalue weighted by Gasteiger charge is -2.06. The monoisotopic (exact) mass is 230 g/mol. The second-order valence-electron chi connectivity index (χ2n) is 4.58. The Hall–Kier alpha value is -0.0800. The Morgan fingerprint density at radius 3 is 1.88 bits per heavy atom. The summed E-state index contributed by atoms with van der Waals surface area (Å²) in [6.45, 7) is 6.30. The van der Waals surface area contributed by atoms with E-state index < -0.39 is 0 Å². The van der Waals surface area contributed by atoms with E-state index in [2.05, 4.69) is 11.7 Å². The Balaban J connectivity index is 0.000000635. The van der Waals surface area contributed by atoms with E-state index in [4.69, 9.17) is 0 Å². The van der Waals surface area contributed by atoms with Crippen LogP contribution in [0.15, 0.2) is 0 Å². The molecular formula is C14H30O2. The van der Waals surface area contributed by atoms with Crippen molar-refractivity contribution in [3.63, 3.8) is 0 Å². The molecular weight excluding hydrogens is 200 g/mol. The van der Waals surface area contributed by atoms with Gasteiger partial charge in [0.05, 0.1) is 19.3 Å². The van der Waals surface area contributed by atoms with Gasteiger partial charge in [-0.25, -0.2) is 0 Å². The van der Waals surface area contributed by atoms with E-state index in [1.165, 1.54) is 44.9 Å². The lowest BCUT2D eigenvalue weighted by Crippen LogP contribution is -2.03. The molecule has 1 N–H and O–H groups in total. The van der Waals surface area contributed by atoms with Gasteiger partial charge < -0.3 is 9.84 Å². The fourth-order valence-corrected chi connectivity index (χ4v) is 1.54. The van der Waals surface area contributed by atoms with E-state index in [0.717, 1.165) is 26.1 Å². The zero-order chi connectivity index (χ0) is 12.1. The third-order valence-electron chi connectivity index (χ3n) is 2.82. The molecule has 2 heteroatoms. The molecule has 1 saturated heterocycles. The third kappa shape index (κ3) is 16.4. The van der Waals surface area contributed by atoms with Crippen LogP contribution < -0.4 is 0 Å². The summed E-state index contributed by atoms with van der Waals surface area (Å²) >= 11 is 0. The summed E-state index contributed by atoms with van der Waals surface area (Å²) in [7, 11) is 0. The molecule has 0 spiro atoms. The fraction of sp³-hybridized carbons (Fsp3) is 1.00. The molecule has 0 aromatic carbocycles. The van der Waals surface area contributed by atoms with Gasteiger partial charge in [-0.15, -0.1) is 0 Å². The second-order valence-corrected chi connectivity index (χ2v) is 4.58. The minimum Gasteiger partial charge on any atom is -0.393 e. The molecule has 0 saturated carbocycles. The first-order valence-corrected chi connectivity index (χ1v) is 7.07.